The highest BCUT2D eigenvalue weighted by molar-refractivity contribution is 6.17. The van der Waals surface area contributed by atoms with Gasteiger partial charge in [0.25, 0.3) is 0 Å². The van der Waals surface area contributed by atoms with Crippen molar-refractivity contribution in [3.05, 3.63) is 0 Å². The predicted molar refractivity (Wildman–Crippen MR) is 53.8 cm³/mol. The SMILES string of the molecule is CCCCN(CCO)CCCCl. The molecule has 0 radical (unpaired) electrons. The molecule has 0 rings (SSSR count). The molecule has 0 bridgehead atoms. The van der Waals surface area contributed by atoms with Crippen LogP contribution < -0.4 is 0 Å². The molecule has 0 aliphatic heterocycles. The van der Waals surface area contributed by atoms with Crippen LogP contribution in [0.3, 0.4) is 0 Å². The summed E-state index contributed by atoms with van der Waals surface area (Å²) in [6.07, 6.45) is 3.44. The highest BCUT2D eigenvalue weighted by Gasteiger charge is 2.01. The van der Waals surface area contributed by atoms with E-state index in [2.05, 4.69) is 11.8 Å². The zero-order valence-corrected chi connectivity index (χ0v) is 8.69. The molecule has 0 spiro atoms. The third kappa shape index (κ3) is 6.89. The van der Waals surface area contributed by atoms with Crippen molar-refractivity contribution in [2.24, 2.45) is 0 Å². The number of alkyl halides is 1. The summed E-state index contributed by atoms with van der Waals surface area (Å²) in [5, 5.41) is 8.76. The largest absolute Gasteiger partial charge is 0.395 e. The van der Waals surface area contributed by atoms with Crippen molar-refractivity contribution in [3.8, 4) is 0 Å². The number of halogens is 1. The van der Waals surface area contributed by atoms with Gasteiger partial charge in [-0.05, 0) is 25.9 Å². The van der Waals surface area contributed by atoms with Gasteiger partial charge in [0.1, 0.15) is 0 Å². The van der Waals surface area contributed by atoms with Gasteiger partial charge in [0.05, 0.1) is 6.61 Å². The predicted octanol–water partition coefficient (Wildman–Crippen LogP) is 1.71. The Balaban J connectivity index is 3.40. The lowest BCUT2D eigenvalue weighted by molar-refractivity contribution is 0.194. The van der Waals surface area contributed by atoms with Crippen molar-refractivity contribution < 1.29 is 5.11 Å². The van der Waals surface area contributed by atoms with Crippen molar-refractivity contribution >= 4 is 11.6 Å². The van der Waals surface area contributed by atoms with Gasteiger partial charge in [-0.2, -0.15) is 0 Å². The third-order valence-electron chi connectivity index (χ3n) is 1.85. The summed E-state index contributed by atoms with van der Waals surface area (Å²) in [5.74, 6) is 0.716. The van der Waals surface area contributed by atoms with Gasteiger partial charge in [0.15, 0.2) is 0 Å². The molecule has 12 heavy (non-hydrogen) atoms. The van der Waals surface area contributed by atoms with Gasteiger partial charge in [0.2, 0.25) is 0 Å². The Labute approximate surface area is 80.5 Å². The Morgan fingerprint density at radius 3 is 2.33 bits per heavy atom. The topological polar surface area (TPSA) is 23.5 Å². The first-order valence-corrected chi connectivity index (χ1v) is 5.27. The minimum atomic E-state index is 0.256. The van der Waals surface area contributed by atoms with Crippen LogP contribution in [0.25, 0.3) is 0 Å². The molecule has 74 valence electrons. The highest BCUT2D eigenvalue weighted by atomic mass is 35.5. The van der Waals surface area contributed by atoms with Gasteiger partial charge in [-0.15, -0.1) is 11.6 Å². The number of unbranched alkanes of at least 4 members (excludes halogenated alkanes) is 1. The molecular formula is C9H20ClNO. The number of aliphatic hydroxyl groups is 1. The highest BCUT2D eigenvalue weighted by Crippen LogP contribution is 1.97. The van der Waals surface area contributed by atoms with E-state index in [-0.39, 0.29) is 6.61 Å². The smallest absolute Gasteiger partial charge is 0.0558 e. The first kappa shape index (κ1) is 12.2. The van der Waals surface area contributed by atoms with Crippen molar-refractivity contribution in [1.29, 1.82) is 0 Å². The number of hydrogen-bond donors (Lipinski definition) is 1. The molecule has 0 atom stereocenters. The van der Waals surface area contributed by atoms with Gasteiger partial charge in [-0.25, -0.2) is 0 Å². The molecule has 0 saturated carbocycles. The molecule has 0 amide bonds. The van der Waals surface area contributed by atoms with E-state index < -0.39 is 0 Å². The van der Waals surface area contributed by atoms with E-state index in [4.69, 9.17) is 16.7 Å². The summed E-state index contributed by atoms with van der Waals surface area (Å²) in [4.78, 5) is 2.27. The van der Waals surface area contributed by atoms with Crippen LogP contribution in [-0.4, -0.2) is 42.1 Å². The summed E-state index contributed by atoms with van der Waals surface area (Å²) in [6.45, 7) is 5.33. The van der Waals surface area contributed by atoms with Gasteiger partial charge in [0, 0.05) is 12.4 Å². The maximum atomic E-state index is 8.76. The van der Waals surface area contributed by atoms with E-state index >= 15 is 0 Å². The molecule has 0 aliphatic carbocycles. The second-order valence-corrected chi connectivity index (χ2v) is 3.34. The number of rotatable bonds is 8. The van der Waals surface area contributed by atoms with E-state index in [0.29, 0.717) is 5.88 Å². The standard InChI is InChI=1S/C9H20ClNO/c1-2-3-6-11(8-9-12)7-4-5-10/h12H,2-9H2,1H3. The van der Waals surface area contributed by atoms with Crippen molar-refractivity contribution in [3.63, 3.8) is 0 Å². The lowest BCUT2D eigenvalue weighted by atomic mass is 10.3. The van der Waals surface area contributed by atoms with Gasteiger partial charge >= 0.3 is 0 Å². The quantitative estimate of drug-likeness (QED) is 0.594. The van der Waals surface area contributed by atoms with Crippen LogP contribution in [0.2, 0.25) is 0 Å². The van der Waals surface area contributed by atoms with Crippen molar-refractivity contribution in [2.75, 3.05) is 32.1 Å². The van der Waals surface area contributed by atoms with Crippen LogP contribution in [0.15, 0.2) is 0 Å². The van der Waals surface area contributed by atoms with Crippen LogP contribution in [0.4, 0.5) is 0 Å². The lowest BCUT2D eigenvalue weighted by Gasteiger charge is -2.20. The fourth-order valence-corrected chi connectivity index (χ4v) is 1.26. The maximum Gasteiger partial charge on any atom is 0.0558 e. The van der Waals surface area contributed by atoms with Crippen molar-refractivity contribution in [2.45, 2.75) is 26.2 Å². The molecule has 0 saturated heterocycles. The van der Waals surface area contributed by atoms with Crippen LogP contribution in [0.5, 0.6) is 0 Å². The Bertz CT molecular complexity index is 82.6. The molecule has 3 heteroatoms. The first-order valence-electron chi connectivity index (χ1n) is 4.74. The fraction of sp³-hybridized carbons (Fsp3) is 1.00. The minimum Gasteiger partial charge on any atom is -0.395 e. The fourth-order valence-electron chi connectivity index (χ4n) is 1.14. The van der Waals surface area contributed by atoms with Crippen LogP contribution >= 0.6 is 11.6 Å². The zero-order chi connectivity index (χ0) is 9.23. The molecule has 0 heterocycles. The summed E-state index contributed by atoms with van der Waals surface area (Å²) in [5.41, 5.74) is 0. The van der Waals surface area contributed by atoms with Crippen LogP contribution in [0, 0.1) is 0 Å². The molecule has 2 nitrogen and oxygen atoms in total. The summed E-state index contributed by atoms with van der Waals surface area (Å²) >= 11 is 5.59. The first-order chi connectivity index (χ1) is 5.85. The Morgan fingerprint density at radius 1 is 1.17 bits per heavy atom. The second kappa shape index (κ2) is 9.30. The van der Waals surface area contributed by atoms with Gasteiger partial charge in [-0.1, -0.05) is 13.3 Å². The normalized spacial score (nSPS) is 11.0. The minimum absolute atomic E-state index is 0.256. The van der Waals surface area contributed by atoms with Crippen molar-refractivity contribution in [1.82, 2.24) is 4.90 Å². The maximum absolute atomic E-state index is 8.76. The molecule has 0 aromatic heterocycles. The van der Waals surface area contributed by atoms with Crippen LogP contribution in [0.1, 0.15) is 26.2 Å². The lowest BCUT2D eigenvalue weighted by Crippen LogP contribution is -2.29. The molecule has 0 aliphatic rings. The van der Waals surface area contributed by atoms with Crippen LogP contribution in [-0.2, 0) is 0 Å². The zero-order valence-electron chi connectivity index (χ0n) is 7.93. The molecule has 0 unspecified atom stereocenters. The van der Waals surface area contributed by atoms with E-state index in [1.807, 2.05) is 0 Å². The van der Waals surface area contributed by atoms with Gasteiger partial charge in [-0.3, -0.25) is 0 Å². The number of aliphatic hydroxyl groups excluding tert-OH is 1. The monoisotopic (exact) mass is 193 g/mol. The molecular weight excluding hydrogens is 174 g/mol. The Kier molecular flexibility index (Phi) is 9.46. The summed E-state index contributed by atoms with van der Waals surface area (Å²) < 4.78 is 0. The average Bonchev–Trinajstić information content (AvgIpc) is 2.10. The summed E-state index contributed by atoms with van der Waals surface area (Å²) in [6, 6.07) is 0. The number of hydrogen-bond acceptors (Lipinski definition) is 2. The average molecular weight is 194 g/mol. The molecule has 0 fully saturated rings. The molecule has 0 aromatic rings. The second-order valence-electron chi connectivity index (χ2n) is 2.96. The van der Waals surface area contributed by atoms with E-state index in [1.54, 1.807) is 0 Å². The van der Waals surface area contributed by atoms with E-state index in [9.17, 15) is 0 Å². The Hall–Kier alpha value is 0.210. The number of nitrogens with zero attached hydrogens (tertiary/aromatic N) is 1. The third-order valence-corrected chi connectivity index (χ3v) is 2.12. The van der Waals surface area contributed by atoms with Gasteiger partial charge < -0.3 is 10.0 Å². The Morgan fingerprint density at radius 2 is 1.83 bits per heavy atom. The van der Waals surface area contributed by atoms with E-state index in [1.165, 1.54) is 12.8 Å². The summed E-state index contributed by atoms with van der Waals surface area (Å²) in [7, 11) is 0. The molecule has 0 aromatic carbocycles. The van der Waals surface area contributed by atoms with E-state index in [0.717, 1.165) is 26.1 Å². The molecule has 1 N–H and O–H groups in total.